The normalized spacial score (nSPS) is 28.5. The van der Waals surface area contributed by atoms with E-state index in [9.17, 15) is 14.4 Å². The molecule has 0 aromatic heterocycles. The minimum atomic E-state index is -4.28. The smallest absolute Gasteiger partial charge is 0.811 e. The van der Waals surface area contributed by atoms with Crippen LogP contribution in [0.5, 0.6) is 0 Å². The van der Waals surface area contributed by atoms with Gasteiger partial charge in [-0.05, 0) is 37.0 Å². The van der Waals surface area contributed by atoms with Gasteiger partial charge >= 0.3 is 59.1 Å². The Morgan fingerprint density at radius 1 is 1.08 bits per heavy atom. The van der Waals surface area contributed by atoms with E-state index in [-0.39, 0.29) is 59.1 Å². The number of hydrogen-bond donors (Lipinski definition) is 0. The standard InChI is InChI=1S/C6H14O3P2.2Na/c7-11(8,9)6-3-1-5(10)2-4-6;;/h5-6H,1-4,10H2,(H2,7,8,9);;/q;2*+1/p-2. The van der Waals surface area contributed by atoms with Gasteiger partial charge < -0.3 is 14.4 Å². The molecule has 0 amide bonds. The van der Waals surface area contributed by atoms with E-state index in [0.717, 1.165) is 12.8 Å². The second kappa shape index (κ2) is 7.79. The van der Waals surface area contributed by atoms with E-state index < -0.39 is 13.3 Å². The largest absolute Gasteiger partial charge is 1.00 e. The summed E-state index contributed by atoms with van der Waals surface area (Å²) < 4.78 is 10.6. The molecule has 1 aliphatic carbocycles. The van der Waals surface area contributed by atoms with E-state index in [2.05, 4.69) is 9.24 Å². The maximum absolute atomic E-state index is 10.6. The molecule has 0 aliphatic heterocycles. The predicted molar refractivity (Wildman–Crippen MR) is 43.4 cm³/mol. The first-order valence-electron chi connectivity index (χ1n) is 3.77. The van der Waals surface area contributed by atoms with Crippen LogP contribution in [0, 0.1) is 0 Å². The molecule has 0 radical (unpaired) electrons. The molecular weight excluding hydrogens is 228 g/mol. The van der Waals surface area contributed by atoms with Gasteiger partial charge in [-0.3, -0.25) is 0 Å². The van der Waals surface area contributed by atoms with E-state index in [1.165, 1.54) is 0 Å². The number of hydrogen-bond acceptors (Lipinski definition) is 3. The minimum absolute atomic E-state index is 0. The zero-order chi connectivity index (χ0) is 8.48. The average Bonchev–Trinajstić information content (AvgIpc) is 1.86. The van der Waals surface area contributed by atoms with Gasteiger partial charge in [0.1, 0.15) is 0 Å². The summed E-state index contributed by atoms with van der Waals surface area (Å²) in [7, 11) is -1.61. The Morgan fingerprint density at radius 2 is 1.46 bits per heavy atom. The SMILES string of the molecule is O=P([O-])([O-])C1CCC(P)CC1.[Na+].[Na+]. The van der Waals surface area contributed by atoms with Crippen molar-refractivity contribution in [1.82, 2.24) is 0 Å². The van der Waals surface area contributed by atoms with Gasteiger partial charge in [-0.15, -0.1) is 9.24 Å². The molecule has 1 aliphatic rings. The molecule has 0 spiro atoms. The molecule has 1 saturated carbocycles. The van der Waals surface area contributed by atoms with Crippen molar-refractivity contribution in [3.63, 3.8) is 0 Å². The first-order chi connectivity index (χ1) is 5.00. The molecule has 0 N–H and O–H groups in total. The van der Waals surface area contributed by atoms with Gasteiger partial charge in [0.05, 0.1) is 0 Å². The Bertz CT molecular complexity index is 177. The summed E-state index contributed by atoms with van der Waals surface area (Å²) in [4.78, 5) is 21.1. The van der Waals surface area contributed by atoms with E-state index >= 15 is 0 Å². The fraction of sp³-hybridized carbons (Fsp3) is 1.00. The van der Waals surface area contributed by atoms with Crippen LogP contribution in [0.4, 0.5) is 0 Å². The zero-order valence-corrected chi connectivity index (χ0v) is 14.3. The Kier molecular flexibility index (Phi) is 10.8. The second-order valence-corrected chi connectivity index (χ2v) is 5.86. The maximum atomic E-state index is 10.6. The van der Waals surface area contributed by atoms with Crippen molar-refractivity contribution in [2.45, 2.75) is 37.0 Å². The van der Waals surface area contributed by atoms with Crippen molar-refractivity contribution in [3.8, 4) is 0 Å². The molecule has 0 bridgehead atoms. The van der Waals surface area contributed by atoms with Crippen molar-refractivity contribution < 1.29 is 73.5 Å². The summed E-state index contributed by atoms with van der Waals surface area (Å²) in [6, 6.07) is 0. The van der Waals surface area contributed by atoms with Crippen LogP contribution in [-0.4, -0.2) is 11.3 Å². The first kappa shape index (κ1) is 18.0. The van der Waals surface area contributed by atoms with Gasteiger partial charge in [0.15, 0.2) is 0 Å². The second-order valence-electron chi connectivity index (χ2n) is 3.11. The van der Waals surface area contributed by atoms with Crippen LogP contribution in [0.3, 0.4) is 0 Å². The molecule has 66 valence electrons. The molecule has 0 saturated heterocycles. The van der Waals surface area contributed by atoms with Crippen molar-refractivity contribution in [2.24, 2.45) is 0 Å². The number of rotatable bonds is 1. The monoisotopic (exact) mass is 240 g/mol. The minimum Gasteiger partial charge on any atom is -0.811 e. The van der Waals surface area contributed by atoms with Crippen LogP contribution in [0.2, 0.25) is 0 Å². The van der Waals surface area contributed by atoms with Gasteiger partial charge in [-0.25, -0.2) is 0 Å². The fourth-order valence-corrected chi connectivity index (χ4v) is 2.73. The molecule has 7 heteroatoms. The zero-order valence-electron chi connectivity index (χ0n) is 8.23. The van der Waals surface area contributed by atoms with Gasteiger partial charge in [0.25, 0.3) is 0 Å². The third-order valence-electron chi connectivity index (χ3n) is 2.19. The van der Waals surface area contributed by atoms with Gasteiger partial charge in [-0.2, -0.15) is 0 Å². The molecule has 1 unspecified atom stereocenters. The van der Waals surface area contributed by atoms with E-state index in [0.29, 0.717) is 18.5 Å². The Morgan fingerprint density at radius 3 is 1.77 bits per heavy atom. The molecular formula is C6H12Na2O3P2. The molecule has 1 rings (SSSR count). The van der Waals surface area contributed by atoms with Crippen LogP contribution in [0.1, 0.15) is 25.7 Å². The first-order valence-corrected chi connectivity index (χ1v) is 6.05. The molecule has 13 heavy (non-hydrogen) atoms. The summed E-state index contributed by atoms with van der Waals surface area (Å²) in [5.41, 5.74) is -0.0721. The molecule has 1 atom stereocenters. The Balaban J connectivity index is 0. The molecule has 0 aromatic rings. The summed E-state index contributed by atoms with van der Waals surface area (Å²) in [6.07, 6.45) is 2.81. The third-order valence-corrected chi connectivity index (χ3v) is 4.27. The van der Waals surface area contributed by atoms with Crippen LogP contribution in [0.25, 0.3) is 0 Å². The van der Waals surface area contributed by atoms with Gasteiger partial charge in [-0.1, -0.05) is 7.60 Å². The average molecular weight is 240 g/mol. The van der Waals surface area contributed by atoms with Gasteiger partial charge in [0, 0.05) is 0 Å². The van der Waals surface area contributed by atoms with Crippen LogP contribution >= 0.6 is 16.8 Å². The van der Waals surface area contributed by atoms with E-state index in [1.807, 2.05) is 0 Å². The van der Waals surface area contributed by atoms with Gasteiger partial charge in [0.2, 0.25) is 0 Å². The summed E-state index contributed by atoms with van der Waals surface area (Å²) >= 11 is 0. The quantitative estimate of drug-likeness (QED) is 0.338. The Hall–Kier alpha value is 2.58. The predicted octanol–water partition coefficient (Wildman–Crippen LogP) is -5.91. The van der Waals surface area contributed by atoms with Crippen LogP contribution in [0.15, 0.2) is 0 Å². The summed E-state index contributed by atoms with van der Waals surface area (Å²) in [6.45, 7) is 0. The van der Waals surface area contributed by atoms with Crippen LogP contribution < -0.4 is 68.9 Å². The molecule has 0 heterocycles. The fourth-order valence-electron chi connectivity index (χ4n) is 1.42. The molecule has 1 fully saturated rings. The van der Waals surface area contributed by atoms with Crippen molar-refractivity contribution in [1.29, 1.82) is 0 Å². The van der Waals surface area contributed by atoms with Crippen molar-refractivity contribution in [2.75, 3.05) is 0 Å². The van der Waals surface area contributed by atoms with Crippen molar-refractivity contribution in [3.05, 3.63) is 0 Å². The third kappa shape index (κ3) is 6.68. The summed E-state index contributed by atoms with van der Waals surface area (Å²) in [5, 5.41) is 0. The maximum Gasteiger partial charge on any atom is 1.00 e. The topological polar surface area (TPSA) is 63.2 Å². The summed E-state index contributed by atoms with van der Waals surface area (Å²) in [5.74, 6) is 0. The van der Waals surface area contributed by atoms with Crippen molar-refractivity contribution >= 4 is 16.8 Å². The van der Waals surface area contributed by atoms with E-state index in [4.69, 9.17) is 0 Å². The molecule has 3 nitrogen and oxygen atoms in total. The Labute approximate surface area is 126 Å². The molecule has 0 aromatic carbocycles. The van der Waals surface area contributed by atoms with E-state index in [1.54, 1.807) is 0 Å². The van der Waals surface area contributed by atoms with Crippen LogP contribution in [-0.2, 0) is 4.57 Å².